The average Bonchev–Trinajstić information content (AvgIpc) is 2.03. The fourth-order valence-electron chi connectivity index (χ4n) is 0.610. The number of amides is 2. The molecule has 0 aromatic carbocycles. The Hall–Kier alpha value is -0.620. The van der Waals surface area contributed by atoms with E-state index in [0.29, 0.717) is 24.9 Å². The smallest absolute Gasteiger partial charge is 0.243 e. The van der Waals surface area contributed by atoms with E-state index in [9.17, 15) is 9.59 Å². The van der Waals surface area contributed by atoms with Crippen molar-refractivity contribution in [3.63, 3.8) is 0 Å². The molecule has 2 amide bonds. The first-order valence-corrected chi connectivity index (χ1v) is 4.97. The van der Waals surface area contributed by atoms with Crippen LogP contribution in [0.25, 0.3) is 0 Å². The van der Waals surface area contributed by atoms with E-state index in [1.165, 1.54) is 0 Å². The Morgan fingerprint density at radius 3 is 2.69 bits per heavy atom. The van der Waals surface area contributed by atoms with Gasteiger partial charge in [0.1, 0.15) is 6.61 Å². The maximum atomic E-state index is 10.9. The number of carbonyl (C=O) groups excluding carboxylic acids is 2. The highest BCUT2D eigenvalue weighted by Crippen LogP contribution is 1.86. The molecule has 0 heterocycles. The summed E-state index contributed by atoms with van der Waals surface area (Å²) in [6, 6.07) is 0. The van der Waals surface area contributed by atoms with E-state index in [0.717, 1.165) is 0 Å². The molecule has 0 rings (SSSR count). The molecule has 13 heavy (non-hydrogen) atoms. The lowest BCUT2D eigenvalue weighted by Crippen LogP contribution is -2.28. The van der Waals surface area contributed by atoms with E-state index in [4.69, 9.17) is 10.5 Å². The zero-order valence-corrected chi connectivity index (χ0v) is 8.80. The molecule has 0 aromatic rings. The van der Waals surface area contributed by atoms with Gasteiger partial charge in [0.05, 0.1) is 6.61 Å². The third-order valence-electron chi connectivity index (χ3n) is 1.13. The summed E-state index contributed by atoms with van der Waals surface area (Å²) in [7, 11) is 0. The fourth-order valence-corrected chi connectivity index (χ4v) is 0.970. The van der Waals surface area contributed by atoms with Crippen molar-refractivity contribution in [2.75, 3.05) is 25.1 Å². The van der Waals surface area contributed by atoms with Gasteiger partial charge in [-0.05, 0) is 0 Å². The number of ether oxygens (including phenoxy) is 1. The van der Waals surface area contributed by atoms with Gasteiger partial charge in [0.25, 0.3) is 0 Å². The highest BCUT2D eigenvalue weighted by atomic mass is 79.9. The van der Waals surface area contributed by atoms with Crippen LogP contribution in [-0.2, 0) is 14.3 Å². The molecule has 0 atom stereocenters. The van der Waals surface area contributed by atoms with Crippen molar-refractivity contribution >= 4 is 27.7 Å². The highest BCUT2D eigenvalue weighted by molar-refractivity contribution is 9.09. The first-order chi connectivity index (χ1) is 6.16. The first-order valence-electron chi connectivity index (χ1n) is 3.85. The van der Waals surface area contributed by atoms with Crippen LogP contribution in [0.5, 0.6) is 0 Å². The van der Waals surface area contributed by atoms with Gasteiger partial charge in [-0.2, -0.15) is 0 Å². The number of nitrogens with one attached hydrogen (secondary N) is 1. The lowest BCUT2D eigenvalue weighted by Gasteiger charge is -2.03. The summed E-state index contributed by atoms with van der Waals surface area (Å²) < 4.78 is 4.82. The number of hydrogen-bond donors (Lipinski definition) is 2. The Balaban J connectivity index is 3.16. The van der Waals surface area contributed by atoms with Gasteiger partial charge in [0.15, 0.2) is 0 Å². The summed E-state index contributed by atoms with van der Waals surface area (Å²) in [5.41, 5.74) is 4.82. The minimum atomic E-state index is -0.508. The lowest BCUT2D eigenvalue weighted by molar-refractivity contribution is -0.122. The molecule has 0 saturated carbocycles. The predicted molar refractivity (Wildman–Crippen MR) is 51.4 cm³/mol. The van der Waals surface area contributed by atoms with Crippen molar-refractivity contribution in [2.45, 2.75) is 6.42 Å². The number of primary amides is 1. The van der Waals surface area contributed by atoms with Crippen LogP contribution in [0.3, 0.4) is 0 Å². The standard InChI is InChI=1S/C7H13BrN2O3/c8-2-1-7(12)10-3-4-13-5-6(9)11/h1-5H2,(H2,9,11)(H,10,12). The number of halogens is 1. The molecule has 0 aliphatic heterocycles. The Kier molecular flexibility index (Phi) is 7.62. The summed E-state index contributed by atoms with van der Waals surface area (Å²) in [6.45, 7) is 0.602. The summed E-state index contributed by atoms with van der Waals surface area (Å²) >= 11 is 3.14. The van der Waals surface area contributed by atoms with E-state index in [-0.39, 0.29) is 12.5 Å². The van der Waals surface area contributed by atoms with Crippen LogP contribution >= 0.6 is 15.9 Å². The molecule has 0 radical (unpaired) electrons. The van der Waals surface area contributed by atoms with E-state index in [1.807, 2.05) is 0 Å². The van der Waals surface area contributed by atoms with Crippen LogP contribution < -0.4 is 11.1 Å². The number of hydrogen-bond acceptors (Lipinski definition) is 3. The maximum absolute atomic E-state index is 10.9. The lowest BCUT2D eigenvalue weighted by atomic mass is 10.4. The Labute approximate surface area is 85.1 Å². The minimum absolute atomic E-state index is 0.0421. The fraction of sp³-hybridized carbons (Fsp3) is 0.714. The van der Waals surface area contributed by atoms with Crippen LogP contribution in [0.2, 0.25) is 0 Å². The average molecular weight is 253 g/mol. The van der Waals surface area contributed by atoms with Crippen LogP contribution in [0.1, 0.15) is 6.42 Å². The van der Waals surface area contributed by atoms with Crippen molar-refractivity contribution in [3.8, 4) is 0 Å². The second kappa shape index (κ2) is 8.00. The van der Waals surface area contributed by atoms with Crippen LogP contribution in [0.15, 0.2) is 0 Å². The Morgan fingerprint density at radius 2 is 2.15 bits per heavy atom. The molecule has 6 heteroatoms. The van der Waals surface area contributed by atoms with Gasteiger partial charge in [-0.3, -0.25) is 9.59 Å². The molecular formula is C7H13BrN2O3. The van der Waals surface area contributed by atoms with E-state index >= 15 is 0 Å². The van der Waals surface area contributed by atoms with Crippen molar-refractivity contribution < 1.29 is 14.3 Å². The number of nitrogens with two attached hydrogens (primary N) is 1. The van der Waals surface area contributed by atoms with Crippen LogP contribution in [-0.4, -0.2) is 36.9 Å². The SMILES string of the molecule is NC(=O)COCCNC(=O)CCBr. The summed E-state index contributed by atoms with van der Waals surface area (Å²) in [5.74, 6) is -0.550. The Bertz CT molecular complexity index is 175. The molecule has 0 spiro atoms. The van der Waals surface area contributed by atoms with Gasteiger partial charge in [0, 0.05) is 18.3 Å². The molecule has 0 fully saturated rings. The van der Waals surface area contributed by atoms with Crippen LogP contribution in [0, 0.1) is 0 Å². The van der Waals surface area contributed by atoms with Gasteiger partial charge in [-0.25, -0.2) is 0 Å². The van der Waals surface area contributed by atoms with Gasteiger partial charge < -0.3 is 15.8 Å². The van der Waals surface area contributed by atoms with Gasteiger partial charge in [-0.15, -0.1) is 0 Å². The molecular weight excluding hydrogens is 240 g/mol. The summed E-state index contributed by atoms with van der Waals surface area (Å²) in [4.78, 5) is 21.1. The van der Waals surface area contributed by atoms with Gasteiger partial charge in [-0.1, -0.05) is 15.9 Å². The summed E-state index contributed by atoms with van der Waals surface area (Å²) in [5, 5.41) is 3.25. The maximum Gasteiger partial charge on any atom is 0.243 e. The largest absolute Gasteiger partial charge is 0.370 e. The number of rotatable bonds is 7. The second-order valence-electron chi connectivity index (χ2n) is 2.31. The molecule has 0 unspecified atom stereocenters. The molecule has 0 aromatic heterocycles. The quantitative estimate of drug-likeness (QED) is 0.469. The van der Waals surface area contributed by atoms with Crippen LogP contribution in [0.4, 0.5) is 0 Å². The third kappa shape index (κ3) is 9.29. The molecule has 0 bridgehead atoms. The molecule has 3 N–H and O–H groups in total. The third-order valence-corrected chi connectivity index (χ3v) is 1.53. The van der Waals surface area contributed by atoms with Crippen molar-refractivity contribution in [3.05, 3.63) is 0 Å². The monoisotopic (exact) mass is 252 g/mol. The van der Waals surface area contributed by atoms with Gasteiger partial charge in [0.2, 0.25) is 11.8 Å². The molecule has 76 valence electrons. The normalized spacial score (nSPS) is 9.62. The number of carbonyl (C=O) groups is 2. The molecule has 0 aliphatic carbocycles. The zero-order valence-electron chi connectivity index (χ0n) is 7.22. The minimum Gasteiger partial charge on any atom is -0.370 e. The topological polar surface area (TPSA) is 81.4 Å². The molecule has 0 aliphatic rings. The van der Waals surface area contributed by atoms with Crippen molar-refractivity contribution in [2.24, 2.45) is 5.73 Å². The van der Waals surface area contributed by atoms with E-state index < -0.39 is 5.91 Å². The van der Waals surface area contributed by atoms with E-state index in [2.05, 4.69) is 21.2 Å². The van der Waals surface area contributed by atoms with E-state index in [1.54, 1.807) is 0 Å². The van der Waals surface area contributed by atoms with Gasteiger partial charge >= 0.3 is 0 Å². The Morgan fingerprint density at radius 1 is 1.46 bits per heavy atom. The number of alkyl halides is 1. The summed E-state index contributed by atoms with van der Waals surface area (Å²) in [6.07, 6.45) is 0.440. The predicted octanol–water partition coefficient (Wildman–Crippen LogP) is -0.611. The zero-order chi connectivity index (χ0) is 10.1. The second-order valence-corrected chi connectivity index (χ2v) is 3.10. The van der Waals surface area contributed by atoms with Crippen molar-refractivity contribution in [1.29, 1.82) is 0 Å². The molecule has 0 saturated heterocycles. The molecule has 5 nitrogen and oxygen atoms in total. The van der Waals surface area contributed by atoms with Crippen molar-refractivity contribution in [1.82, 2.24) is 5.32 Å². The highest BCUT2D eigenvalue weighted by Gasteiger charge is 1.98. The first kappa shape index (κ1) is 12.4.